The zero-order valence-corrected chi connectivity index (χ0v) is 13.9. The van der Waals surface area contributed by atoms with Crippen molar-refractivity contribution in [1.82, 2.24) is 15.4 Å². The van der Waals surface area contributed by atoms with E-state index in [2.05, 4.69) is 20.1 Å². The molecule has 140 valence electrons. The van der Waals surface area contributed by atoms with E-state index in [0.29, 0.717) is 6.54 Å². The summed E-state index contributed by atoms with van der Waals surface area (Å²) in [5.41, 5.74) is 0. The van der Waals surface area contributed by atoms with Gasteiger partial charge in [-0.15, -0.1) is 13.2 Å². The number of carbonyl (C=O) groups excluding carboxylic acids is 1. The van der Waals surface area contributed by atoms with E-state index < -0.39 is 34.6 Å². The summed E-state index contributed by atoms with van der Waals surface area (Å²) < 4.78 is 66.1. The highest BCUT2D eigenvalue weighted by Crippen LogP contribution is 2.23. The first-order chi connectivity index (χ1) is 11.7. The number of piperidine rings is 1. The summed E-state index contributed by atoms with van der Waals surface area (Å²) in [5.74, 6) is -1.01. The lowest BCUT2D eigenvalue weighted by atomic mass is 10.1. The summed E-state index contributed by atoms with van der Waals surface area (Å²) in [5, 5.41) is 5.82. The van der Waals surface area contributed by atoms with Crippen molar-refractivity contribution in [2.24, 2.45) is 0 Å². The molecule has 1 aromatic rings. The highest BCUT2D eigenvalue weighted by atomic mass is 32.2. The number of ether oxygens (including phenoxy) is 1. The minimum Gasteiger partial charge on any atom is -0.406 e. The van der Waals surface area contributed by atoms with Gasteiger partial charge in [-0.2, -0.15) is 0 Å². The monoisotopic (exact) mass is 381 g/mol. The van der Waals surface area contributed by atoms with Crippen LogP contribution in [-0.4, -0.2) is 46.4 Å². The minimum atomic E-state index is -4.86. The average molecular weight is 381 g/mol. The van der Waals surface area contributed by atoms with Crippen molar-refractivity contribution >= 4 is 15.9 Å². The van der Waals surface area contributed by atoms with Gasteiger partial charge in [0, 0.05) is 12.6 Å². The number of alkyl halides is 3. The summed E-state index contributed by atoms with van der Waals surface area (Å²) in [6.45, 7) is 1.05. The van der Waals surface area contributed by atoms with Gasteiger partial charge in [0.25, 0.3) is 0 Å². The Morgan fingerprint density at radius 1 is 1.28 bits per heavy atom. The van der Waals surface area contributed by atoms with Gasteiger partial charge in [-0.05, 0) is 43.7 Å². The Labute approximate surface area is 143 Å². The summed E-state index contributed by atoms with van der Waals surface area (Å²) in [6.07, 6.45) is -3.13. The van der Waals surface area contributed by atoms with Crippen molar-refractivity contribution in [1.29, 1.82) is 0 Å². The lowest BCUT2D eigenvalue weighted by Crippen LogP contribution is -2.48. The third-order valence-corrected chi connectivity index (χ3v) is 4.87. The van der Waals surface area contributed by atoms with E-state index in [0.717, 1.165) is 43.7 Å². The van der Waals surface area contributed by atoms with E-state index in [4.69, 9.17) is 0 Å². The van der Waals surface area contributed by atoms with Crippen LogP contribution in [0, 0.1) is 0 Å². The number of halogens is 3. The molecule has 1 fully saturated rings. The van der Waals surface area contributed by atoms with Gasteiger partial charge in [-0.1, -0.05) is 0 Å². The Hall–Kier alpha value is -1.85. The summed E-state index contributed by atoms with van der Waals surface area (Å²) in [7, 11) is -4.02. The molecular formula is C14H18F3N3O4S. The number of hydrogen-bond donors (Lipinski definition) is 3. The van der Waals surface area contributed by atoms with Crippen LogP contribution in [0.1, 0.15) is 12.8 Å². The van der Waals surface area contributed by atoms with Crippen molar-refractivity contribution in [3.63, 3.8) is 0 Å². The predicted octanol–water partition coefficient (Wildman–Crippen LogP) is 0.732. The zero-order chi connectivity index (χ0) is 18.5. The molecule has 1 heterocycles. The molecule has 1 aliphatic rings. The van der Waals surface area contributed by atoms with E-state index in [-0.39, 0.29) is 10.9 Å². The van der Waals surface area contributed by atoms with Crippen molar-refractivity contribution in [2.45, 2.75) is 30.1 Å². The standard InChI is InChI=1S/C14H18F3N3O4S/c15-14(16,17)24-11-3-5-12(6-4-11)25(22,23)19-9-13(21)20-10-2-1-7-18-8-10/h3-6,10,18-19H,1-2,7-9H2,(H,20,21)/t10-/m0/s1. The molecule has 0 bridgehead atoms. The molecule has 25 heavy (non-hydrogen) atoms. The third kappa shape index (κ3) is 6.52. The van der Waals surface area contributed by atoms with Crippen LogP contribution in [0.15, 0.2) is 29.2 Å². The highest BCUT2D eigenvalue weighted by molar-refractivity contribution is 7.89. The van der Waals surface area contributed by atoms with Crippen molar-refractivity contribution in [3.05, 3.63) is 24.3 Å². The topological polar surface area (TPSA) is 96.5 Å². The predicted molar refractivity (Wildman–Crippen MR) is 82.3 cm³/mol. The van der Waals surface area contributed by atoms with Crippen molar-refractivity contribution in [3.8, 4) is 5.75 Å². The molecule has 1 saturated heterocycles. The molecule has 0 aromatic heterocycles. The highest BCUT2D eigenvalue weighted by Gasteiger charge is 2.31. The van der Waals surface area contributed by atoms with Crippen LogP contribution in [0.25, 0.3) is 0 Å². The average Bonchev–Trinajstić information content (AvgIpc) is 2.53. The van der Waals surface area contributed by atoms with Crippen LogP contribution in [0.2, 0.25) is 0 Å². The smallest absolute Gasteiger partial charge is 0.406 e. The van der Waals surface area contributed by atoms with E-state index in [1.165, 1.54) is 0 Å². The maximum Gasteiger partial charge on any atom is 0.573 e. The Bertz CT molecular complexity index is 686. The molecule has 0 saturated carbocycles. The largest absolute Gasteiger partial charge is 0.573 e. The Morgan fingerprint density at radius 3 is 2.52 bits per heavy atom. The molecule has 1 aromatic carbocycles. The van der Waals surface area contributed by atoms with Gasteiger partial charge in [0.2, 0.25) is 15.9 Å². The SMILES string of the molecule is O=C(CNS(=O)(=O)c1ccc(OC(F)(F)F)cc1)N[C@H]1CCCNC1. The normalized spacial score (nSPS) is 18.6. The van der Waals surface area contributed by atoms with Crippen LogP contribution in [0.3, 0.4) is 0 Å². The quantitative estimate of drug-likeness (QED) is 0.675. The number of sulfonamides is 1. The number of amides is 1. The fourth-order valence-corrected chi connectivity index (χ4v) is 3.30. The van der Waals surface area contributed by atoms with Crippen LogP contribution in [-0.2, 0) is 14.8 Å². The lowest BCUT2D eigenvalue weighted by Gasteiger charge is -2.23. The second-order valence-corrected chi connectivity index (χ2v) is 7.22. The number of benzene rings is 1. The Kier molecular flexibility index (Phi) is 6.25. The van der Waals surface area contributed by atoms with Crippen molar-refractivity contribution in [2.75, 3.05) is 19.6 Å². The summed E-state index contributed by atoms with van der Waals surface area (Å²) in [6, 6.07) is 3.65. The van der Waals surface area contributed by atoms with Gasteiger partial charge in [-0.3, -0.25) is 4.79 Å². The van der Waals surface area contributed by atoms with Gasteiger partial charge in [0.15, 0.2) is 0 Å². The first-order valence-electron chi connectivity index (χ1n) is 7.51. The van der Waals surface area contributed by atoms with Crippen LogP contribution in [0.5, 0.6) is 5.75 Å². The summed E-state index contributed by atoms with van der Waals surface area (Å²) in [4.78, 5) is 11.5. The molecule has 11 heteroatoms. The number of nitrogens with one attached hydrogen (secondary N) is 3. The fourth-order valence-electron chi connectivity index (χ4n) is 2.32. The fraction of sp³-hybridized carbons (Fsp3) is 0.500. The number of hydrogen-bond acceptors (Lipinski definition) is 5. The molecule has 0 aliphatic carbocycles. The van der Waals surface area contributed by atoms with Crippen LogP contribution < -0.4 is 20.1 Å². The third-order valence-electron chi connectivity index (χ3n) is 3.45. The molecule has 0 spiro atoms. The molecular weight excluding hydrogens is 363 g/mol. The van der Waals surface area contributed by atoms with Gasteiger partial charge in [-0.25, -0.2) is 13.1 Å². The molecule has 1 atom stereocenters. The van der Waals surface area contributed by atoms with Gasteiger partial charge < -0.3 is 15.4 Å². The van der Waals surface area contributed by atoms with Crippen LogP contribution in [0.4, 0.5) is 13.2 Å². The number of rotatable bonds is 6. The first kappa shape index (κ1) is 19.5. The van der Waals surface area contributed by atoms with Crippen molar-refractivity contribution < 1.29 is 31.1 Å². The van der Waals surface area contributed by atoms with Gasteiger partial charge in [0.05, 0.1) is 11.4 Å². The van der Waals surface area contributed by atoms with E-state index >= 15 is 0 Å². The second kappa shape index (κ2) is 8.02. The maximum absolute atomic E-state index is 12.1. The van der Waals surface area contributed by atoms with E-state index in [9.17, 15) is 26.4 Å². The molecule has 0 unspecified atom stereocenters. The summed E-state index contributed by atoms with van der Waals surface area (Å²) >= 11 is 0. The molecule has 2 rings (SSSR count). The number of carbonyl (C=O) groups is 1. The van der Waals surface area contributed by atoms with E-state index in [1.54, 1.807) is 0 Å². The minimum absolute atomic E-state index is 0.0513. The van der Waals surface area contributed by atoms with Crippen LogP contribution >= 0.6 is 0 Å². The zero-order valence-electron chi connectivity index (χ0n) is 13.1. The molecule has 1 amide bonds. The Morgan fingerprint density at radius 2 is 1.96 bits per heavy atom. The molecule has 1 aliphatic heterocycles. The van der Waals surface area contributed by atoms with E-state index in [1.807, 2.05) is 0 Å². The second-order valence-electron chi connectivity index (χ2n) is 5.45. The molecule has 7 nitrogen and oxygen atoms in total. The first-order valence-corrected chi connectivity index (χ1v) is 8.99. The maximum atomic E-state index is 12.1. The Balaban J connectivity index is 1.88. The lowest BCUT2D eigenvalue weighted by molar-refractivity contribution is -0.274. The molecule has 0 radical (unpaired) electrons. The van der Waals surface area contributed by atoms with Gasteiger partial charge in [0.1, 0.15) is 5.75 Å². The van der Waals surface area contributed by atoms with Gasteiger partial charge >= 0.3 is 6.36 Å². The molecule has 3 N–H and O–H groups in total.